The highest BCUT2D eigenvalue weighted by Gasteiger charge is 2.53. The minimum atomic E-state index is -0.815. The standard InChI is InChI=1S/C29H43N3O5/c1-4-12-37-26-22(8-10-24(31-26)32-11-5-6-21(17-32)28(2,3)27(34)35)25(33)30-23-9-7-18-14-29(36)15-19(18)13-20(23)16-29/h8,10,18-21,23,36H,4-7,9,11-17H2,1-3H3,(H,30,33)(H,34,35)/t18?,19?,20?,21?,23-,29-/m1/s1. The molecule has 4 unspecified atom stereocenters. The molecule has 3 N–H and O–H groups in total. The molecule has 2 heterocycles. The number of carboxylic acid groups (broad SMARTS) is 1. The second-order valence-electron chi connectivity index (χ2n) is 12.7. The lowest BCUT2D eigenvalue weighted by Crippen LogP contribution is -2.46. The number of aromatic nitrogens is 1. The van der Waals surface area contributed by atoms with Gasteiger partial charge in [-0.25, -0.2) is 0 Å². The topological polar surface area (TPSA) is 112 Å². The summed E-state index contributed by atoms with van der Waals surface area (Å²) in [5.41, 5.74) is -0.913. The highest BCUT2D eigenvalue weighted by atomic mass is 16.5. The Morgan fingerprint density at radius 3 is 2.68 bits per heavy atom. The maximum atomic E-state index is 13.5. The fourth-order valence-corrected chi connectivity index (χ4v) is 7.54. The van der Waals surface area contributed by atoms with Crippen LogP contribution in [0.1, 0.15) is 88.9 Å². The van der Waals surface area contributed by atoms with Crippen LogP contribution in [0, 0.1) is 29.1 Å². The van der Waals surface area contributed by atoms with E-state index in [0.717, 1.165) is 70.2 Å². The first-order valence-corrected chi connectivity index (χ1v) is 14.2. The van der Waals surface area contributed by atoms with E-state index >= 15 is 0 Å². The molecule has 1 saturated heterocycles. The summed E-state index contributed by atoms with van der Waals surface area (Å²) in [6.45, 7) is 7.49. The molecule has 1 aromatic rings. The SMILES string of the molecule is CCCOc1nc(N2CCCC(C(C)(C)C(=O)O)C2)ccc1C(=O)N[C@@H]1CCC2C[C@@]3(O)CC2CC1C3. The van der Waals surface area contributed by atoms with E-state index in [4.69, 9.17) is 9.72 Å². The lowest BCUT2D eigenvalue weighted by molar-refractivity contribution is -0.150. The number of carbonyl (C=O) groups excluding carboxylic acids is 1. The number of piperidine rings is 1. The maximum absolute atomic E-state index is 13.5. The Bertz CT molecular complexity index is 1030. The number of carboxylic acids is 1. The van der Waals surface area contributed by atoms with E-state index in [0.29, 0.717) is 42.3 Å². The van der Waals surface area contributed by atoms with Gasteiger partial charge in [0.1, 0.15) is 11.4 Å². The van der Waals surface area contributed by atoms with Crippen molar-refractivity contribution in [3.05, 3.63) is 17.7 Å². The van der Waals surface area contributed by atoms with Crippen molar-refractivity contribution in [3.63, 3.8) is 0 Å². The summed E-state index contributed by atoms with van der Waals surface area (Å²) in [6, 6.07) is 3.73. The molecule has 4 fully saturated rings. The fraction of sp³-hybridized carbons (Fsp3) is 0.759. The monoisotopic (exact) mass is 513 g/mol. The lowest BCUT2D eigenvalue weighted by Gasteiger charge is -2.40. The largest absolute Gasteiger partial charge is 0.481 e. The van der Waals surface area contributed by atoms with Crippen molar-refractivity contribution in [1.29, 1.82) is 0 Å². The lowest BCUT2D eigenvalue weighted by atomic mass is 9.74. The zero-order valence-corrected chi connectivity index (χ0v) is 22.5. The number of aliphatic carboxylic acids is 1. The molecule has 3 aliphatic carbocycles. The molecular formula is C29H43N3O5. The minimum absolute atomic E-state index is 0.0131. The Kier molecular flexibility index (Phi) is 7.16. The number of hydrogen-bond donors (Lipinski definition) is 3. The maximum Gasteiger partial charge on any atom is 0.309 e. The molecule has 1 aliphatic heterocycles. The van der Waals surface area contributed by atoms with Gasteiger partial charge < -0.3 is 25.2 Å². The Balaban J connectivity index is 1.33. The smallest absolute Gasteiger partial charge is 0.309 e. The molecule has 8 heteroatoms. The van der Waals surface area contributed by atoms with Crippen LogP contribution in [0.25, 0.3) is 0 Å². The summed E-state index contributed by atoms with van der Waals surface area (Å²) in [6.07, 6.45) is 8.32. The molecule has 6 atom stereocenters. The van der Waals surface area contributed by atoms with Gasteiger partial charge in [-0.1, -0.05) is 6.92 Å². The molecule has 1 aromatic heterocycles. The van der Waals surface area contributed by atoms with Crippen LogP contribution in [0.15, 0.2) is 12.1 Å². The van der Waals surface area contributed by atoms with Crippen molar-refractivity contribution in [2.45, 2.75) is 90.2 Å². The van der Waals surface area contributed by atoms with E-state index in [1.54, 1.807) is 19.9 Å². The molecule has 204 valence electrons. The third-order valence-corrected chi connectivity index (χ3v) is 9.78. The van der Waals surface area contributed by atoms with Gasteiger partial charge in [0.25, 0.3) is 5.91 Å². The summed E-state index contributed by atoms with van der Waals surface area (Å²) < 4.78 is 5.97. The second kappa shape index (κ2) is 10.1. The summed E-state index contributed by atoms with van der Waals surface area (Å²) in [4.78, 5) is 32.2. The molecule has 4 aliphatic rings. The van der Waals surface area contributed by atoms with Crippen LogP contribution in [0.4, 0.5) is 5.82 Å². The summed E-state index contributed by atoms with van der Waals surface area (Å²) in [5, 5.41) is 24.0. The summed E-state index contributed by atoms with van der Waals surface area (Å²) in [5.74, 6) is 1.63. The average Bonchev–Trinajstić information content (AvgIpc) is 3.04. The van der Waals surface area contributed by atoms with Gasteiger partial charge in [-0.05, 0) is 107 Å². The molecule has 0 aromatic carbocycles. The first-order valence-electron chi connectivity index (χ1n) is 14.2. The molecular weight excluding hydrogens is 470 g/mol. The average molecular weight is 514 g/mol. The minimum Gasteiger partial charge on any atom is -0.481 e. The third kappa shape index (κ3) is 5.18. The van der Waals surface area contributed by atoms with E-state index in [1.807, 2.05) is 13.0 Å². The highest BCUT2D eigenvalue weighted by molar-refractivity contribution is 5.96. The van der Waals surface area contributed by atoms with E-state index in [9.17, 15) is 19.8 Å². The number of hydrogen-bond acceptors (Lipinski definition) is 6. The number of fused-ring (bicyclic) bond motifs is 2. The van der Waals surface area contributed by atoms with Gasteiger partial charge in [-0.2, -0.15) is 4.98 Å². The quantitative estimate of drug-likeness (QED) is 0.476. The van der Waals surface area contributed by atoms with Crippen LogP contribution in [0.2, 0.25) is 0 Å². The Morgan fingerprint density at radius 2 is 1.92 bits per heavy atom. The summed E-state index contributed by atoms with van der Waals surface area (Å²) in [7, 11) is 0. The molecule has 1 amide bonds. The summed E-state index contributed by atoms with van der Waals surface area (Å²) >= 11 is 0. The molecule has 37 heavy (non-hydrogen) atoms. The number of nitrogens with zero attached hydrogens (tertiary/aromatic N) is 2. The molecule has 3 saturated carbocycles. The zero-order valence-electron chi connectivity index (χ0n) is 22.5. The third-order valence-electron chi connectivity index (χ3n) is 9.78. The van der Waals surface area contributed by atoms with Crippen LogP contribution in [-0.4, -0.2) is 58.4 Å². The Hall–Kier alpha value is -2.35. The van der Waals surface area contributed by atoms with Crippen LogP contribution < -0.4 is 15.0 Å². The van der Waals surface area contributed by atoms with E-state index in [1.165, 1.54) is 0 Å². The second-order valence-corrected chi connectivity index (χ2v) is 12.7. The first-order chi connectivity index (χ1) is 17.6. The molecule has 8 nitrogen and oxygen atoms in total. The predicted octanol–water partition coefficient (Wildman–Crippen LogP) is 4.26. The van der Waals surface area contributed by atoms with Gasteiger partial charge in [0.05, 0.1) is 17.6 Å². The first kappa shape index (κ1) is 26.3. The zero-order chi connectivity index (χ0) is 26.4. The molecule has 3 bridgehead atoms. The van der Waals surface area contributed by atoms with Gasteiger partial charge in [0, 0.05) is 19.1 Å². The number of aliphatic hydroxyl groups is 1. The molecule has 0 radical (unpaired) electrons. The van der Waals surface area contributed by atoms with Crippen molar-refractivity contribution in [2.24, 2.45) is 29.1 Å². The van der Waals surface area contributed by atoms with E-state index in [-0.39, 0.29) is 17.9 Å². The van der Waals surface area contributed by atoms with Crippen LogP contribution in [0.3, 0.4) is 0 Å². The number of carbonyl (C=O) groups is 2. The number of rotatable bonds is 8. The number of pyridine rings is 1. The van der Waals surface area contributed by atoms with Crippen molar-refractivity contribution >= 4 is 17.7 Å². The van der Waals surface area contributed by atoms with Crippen LogP contribution in [-0.2, 0) is 4.79 Å². The predicted molar refractivity (Wildman–Crippen MR) is 141 cm³/mol. The Labute approximate surface area is 220 Å². The normalized spacial score (nSPS) is 33.2. The Morgan fingerprint density at radius 1 is 1.16 bits per heavy atom. The van der Waals surface area contributed by atoms with Gasteiger partial charge in [-0.3, -0.25) is 9.59 Å². The molecule has 5 rings (SSSR count). The van der Waals surface area contributed by atoms with Crippen molar-refractivity contribution in [2.75, 3.05) is 24.6 Å². The van der Waals surface area contributed by atoms with Gasteiger partial charge in [0.15, 0.2) is 0 Å². The number of anilines is 1. The number of amides is 1. The van der Waals surface area contributed by atoms with Crippen LogP contribution in [0.5, 0.6) is 5.88 Å². The van der Waals surface area contributed by atoms with Crippen molar-refractivity contribution < 1.29 is 24.5 Å². The van der Waals surface area contributed by atoms with Crippen molar-refractivity contribution in [3.8, 4) is 5.88 Å². The number of nitrogens with one attached hydrogen (secondary N) is 1. The highest BCUT2D eigenvalue weighted by Crippen LogP contribution is 2.55. The van der Waals surface area contributed by atoms with Gasteiger partial charge in [0.2, 0.25) is 5.88 Å². The fourth-order valence-electron chi connectivity index (χ4n) is 7.54. The van der Waals surface area contributed by atoms with E-state index in [2.05, 4.69) is 10.2 Å². The van der Waals surface area contributed by atoms with Crippen molar-refractivity contribution in [1.82, 2.24) is 10.3 Å². The number of ether oxygens (including phenoxy) is 1. The van der Waals surface area contributed by atoms with Crippen LogP contribution >= 0.6 is 0 Å². The van der Waals surface area contributed by atoms with Gasteiger partial charge in [-0.15, -0.1) is 0 Å². The van der Waals surface area contributed by atoms with Gasteiger partial charge >= 0.3 is 5.97 Å². The van der Waals surface area contributed by atoms with E-state index < -0.39 is 17.0 Å². The molecule has 0 spiro atoms.